The molecule has 19 heavy (non-hydrogen) atoms. The van der Waals surface area contributed by atoms with E-state index < -0.39 is 0 Å². The Hall–Kier alpha value is -1.32. The van der Waals surface area contributed by atoms with Crippen LogP contribution in [-0.2, 0) is 6.42 Å². The normalized spacial score (nSPS) is 10.3. The molecule has 98 valence electrons. The van der Waals surface area contributed by atoms with E-state index >= 15 is 0 Å². The van der Waals surface area contributed by atoms with Crippen molar-refractivity contribution in [1.29, 1.82) is 0 Å². The maximum atomic E-state index is 12.2. The van der Waals surface area contributed by atoms with Gasteiger partial charge in [0.25, 0.3) is 0 Å². The van der Waals surface area contributed by atoms with Crippen molar-refractivity contribution >= 4 is 33.3 Å². The summed E-state index contributed by atoms with van der Waals surface area (Å²) in [5, 5.41) is 0.545. The summed E-state index contributed by atoms with van der Waals surface area (Å²) in [7, 11) is 1.61. The van der Waals surface area contributed by atoms with Gasteiger partial charge in [0.1, 0.15) is 5.75 Å². The third kappa shape index (κ3) is 3.82. The van der Waals surface area contributed by atoms with Gasteiger partial charge >= 0.3 is 0 Å². The van der Waals surface area contributed by atoms with Gasteiger partial charge in [0, 0.05) is 21.5 Å². The Morgan fingerprint density at radius 3 is 2.74 bits per heavy atom. The zero-order valence-corrected chi connectivity index (χ0v) is 12.7. The molecule has 0 saturated heterocycles. The fourth-order valence-electron chi connectivity index (χ4n) is 1.78. The van der Waals surface area contributed by atoms with Crippen LogP contribution < -0.4 is 4.74 Å². The van der Waals surface area contributed by atoms with Crippen molar-refractivity contribution in [3.8, 4) is 5.75 Å². The van der Waals surface area contributed by atoms with Crippen molar-refractivity contribution in [3.05, 3.63) is 63.1 Å². The van der Waals surface area contributed by atoms with Gasteiger partial charge in [-0.15, -0.1) is 0 Å². The van der Waals surface area contributed by atoms with E-state index in [0.29, 0.717) is 17.0 Å². The van der Waals surface area contributed by atoms with Crippen LogP contribution in [0.25, 0.3) is 0 Å². The molecule has 0 saturated carbocycles. The van der Waals surface area contributed by atoms with Crippen molar-refractivity contribution in [1.82, 2.24) is 0 Å². The lowest BCUT2D eigenvalue weighted by atomic mass is 10.0. The minimum Gasteiger partial charge on any atom is -0.497 e. The highest BCUT2D eigenvalue weighted by Crippen LogP contribution is 2.21. The minimum atomic E-state index is 0.0245. The second-order valence-corrected chi connectivity index (χ2v) is 5.46. The lowest BCUT2D eigenvalue weighted by Gasteiger charge is -2.05. The van der Waals surface area contributed by atoms with E-state index in [1.807, 2.05) is 24.3 Å². The number of ketones is 1. The summed E-state index contributed by atoms with van der Waals surface area (Å²) in [5.41, 5.74) is 1.52. The molecule has 0 bridgehead atoms. The molecule has 2 rings (SSSR count). The first-order valence-electron chi connectivity index (χ1n) is 5.70. The van der Waals surface area contributed by atoms with E-state index in [2.05, 4.69) is 15.9 Å². The van der Waals surface area contributed by atoms with Crippen molar-refractivity contribution in [2.24, 2.45) is 0 Å². The number of hydrogen-bond donors (Lipinski definition) is 0. The smallest absolute Gasteiger partial charge is 0.167 e. The molecule has 0 N–H and O–H groups in total. The van der Waals surface area contributed by atoms with Gasteiger partial charge in [0.15, 0.2) is 5.78 Å². The summed E-state index contributed by atoms with van der Waals surface area (Å²) < 4.78 is 5.94. The maximum Gasteiger partial charge on any atom is 0.167 e. The van der Waals surface area contributed by atoms with Crippen molar-refractivity contribution < 1.29 is 9.53 Å². The average Bonchev–Trinajstić information content (AvgIpc) is 2.37. The number of benzene rings is 2. The largest absolute Gasteiger partial charge is 0.497 e. The van der Waals surface area contributed by atoms with Gasteiger partial charge in [-0.1, -0.05) is 39.7 Å². The molecule has 2 aromatic rings. The van der Waals surface area contributed by atoms with Gasteiger partial charge in [-0.3, -0.25) is 4.79 Å². The molecular formula is C15H12BrClO2. The summed E-state index contributed by atoms with van der Waals surface area (Å²) in [6.45, 7) is 0. The molecule has 4 heteroatoms. The number of carbonyl (C=O) groups excluding carboxylic acids is 1. The molecule has 0 radical (unpaired) electrons. The van der Waals surface area contributed by atoms with Gasteiger partial charge in [-0.2, -0.15) is 0 Å². The van der Waals surface area contributed by atoms with Crippen molar-refractivity contribution in [2.45, 2.75) is 6.42 Å². The number of methoxy groups -OCH3 is 1. The molecule has 2 nitrogen and oxygen atoms in total. The second-order valence-electron chi connectivity index (χ2n) is 4.11. The van der Waals surface area contributed by atoms with Crippen LogP contribution in [0.15, 0.2) is 46.9 Å². The van der Waals surface area contributed by atoms with E-state index in [4.69, 9.17) is 16.3 Å². The van der Waals surface area contributed by atoms with Crippen molar-refractivity contribution in [3.63, 3.8) is 0 Å². The highest BCUT2D eigenvalue weighted by atomic mass is 79.9. The van der Waals surface area contributed by atoms with Crippen LogP contribution in [0.2, 0.25) is 5.02 Å². The quantitative estimate of drug-likeness (QED) is 0.765. The Morgan fingerprint density at radius 1 is 1.26 bits per heavy atom. The molecule has 0 amide bonds. The lowest BCUT2D eigenvalue weighted by Crippen LogP contribution is -2.03. The first-order valence-corrected chi connectivity index (χ1v) is 6.88. The molecule has 0 fully saturated rings. The summed E-state index contributed by atoms with van der Waals surface area (Å²) in [6, 6.07) is 12.7. The van der Waals surface area contributed by atoms with E-state index in [1.54, 1.807) is 25.3 Å². The average molecular weight is 340 g/mol. The zero-order valence-electron chi connectivity index (χ0n) is 10.3. The lowest BCUT2D eigenvalue weighted by molar-refractivity contribution is 0.0993. The van der Waals surface area contributed by atoms with Crippen LogP contribution in [0.4, 0.5) is 0 Å². The van der Waals surface area contributed by atoms with Gasteiger partial charge in [0.05, 0.1) is 7.11 Å². The molecule has 0 unspecified atom stereocenters. The Morgan fingerprint density at radius 2 is 2.05 bits per heavy atom. The molecule has 0 atom stereocenters. The summed E-state index contributed by atoms with van der Waals surface area (Å²) in [5.74, 6) is 0.772. The minimum absolute atomic E-state index is 0.0245. The molecule has 2 aromatic carbocycles. The Bertz CT molecular complexity index is 591. The molecule has 0 aliphatic heterocycles. The zero-order chi connectivity index (χ0) is 13.8. The molecule has 0 heterocycles. The predicted molar refractivity (Wildman–Crippen MR) is 80.2 cm³/mol. The third-order valence-corrected chi connectivity index (χ3v) is 3.36. The standard InChI is InChI=1S/C15H12BrClO2/c1-19-14-4-2-3-10(5-14)6-15(18)11-7-12(16)9-13(17)8-11/h2-5,7-9H,6H2,1H3. The Kier molecular flexibility index (Phi) is 4.61. The number of ether oxygens (including phenoxy) is 1. The first kappa shape index (κ1) is 14.1. The fourth-order valence-corrected chi connectivity index (χ4v) is 2.64. The van der Waals surface area contributed by atoms with Gasteiger partial charge in [-0.05, 0) is 35.9 Å². The van der Waals surface area contributed by atoms with Crippen molar-refractivity contribution in [2.75, 3.05) is 7.11 Å². The number of rotatable bonds is 4. The topological polar surface area (TPSA) is 26.3 Å². The monoisotopic (exact) mass is 338 g/mol. The molecular weight excluding hydrogens is 328 g/mol. The summed E-state index contributed by atoms with van der Waals surface area (Å²) in [4.78, 5) is 12.2. The maximum absolute atomic E-state index is 12.2. The molecule has 0 spiro atoms. The molecule has 0 aliphatic rings. The highest BCUT2D eigenvalue weighted by molar-refractivity contribution is 9.10. The fraction of sp³-hybridized carbons (Fsp3) is 0.133. The predicted octanol–water partition coefficient (Wildman–Crippen LogP) is 4.54. The Labute approximate surface area is 125 Å². The number of hydrogen-bond acceptors (Lipinski definition) is 2. The third-order valence-electron chi connectivity index (χ3n) is 2.68. The Balaban J connectivity index is 2.20. The van der Waals surface area contributed by atoms with Crippen LogP contribution in [0.3, 0.4) is 0 Å². The van der Waals surface area contributed by atoms with Gasteiger partial charge in [-0.25, -0.2) is 0 Å². The van der Waals surface area contributed by atoms with E-state index in [9.17, 15) is 4.79 Å². The van der Waals surface area contributed by atoms with Gasteiger partial charge < -0.3 is 4.74 Å². The van der Waals surface area contributed by atoms with Crippen LogP contribution in [-0.4, -0.2) is 12.9 Å². The highest BCUT2D eigenvalue weighted by Gasteiger charge is 2.09. The SMILES string of the molecule is COc1cccc(CC(=O)c2cc(Cl)cc(Br)c2)c1. The molecule has 0 aromatic heterocycles. The number of carbonyl (C=O) groups is 1. The summed E-state index contributed by atoms with van der Waals surface area (Å²) >= 11 is 9.28. The summed E-state index contributed by atoms with van der Waals surface area (Å²) in [6.07, 6.45) is 0.323. The first-order chi connectivity index (χ1) is 9.08. The van der Waals surface area contributed by atoms with Crippen LogP contribution >= 0.6 is 27.5 Å². The van der Waals surface area contributed by atoms with Crippen LogP contribution in [0, 0.1) is 0 Å². The number of Topliss-reactive ketones (excluding diaryl/α,β-unsaturated/α-hetero) is 1. The van der Waals surface area contributed by atoms with E-state index in [1.165, 1.54) is 0 Å². The number of halogens is 2. The van der Waals surface area contributed by atoms with E-state index in [0.717, 1.165) is 15.8 Å². The van der Waals surface area contributed by atoms with Gasteiger partial charge in [0.2, 0.25) is 0 Å². The second kappa shape index (κ2) is 6.22. The van der Waals surface area contributed by atoms with Crippen LogP contribution in [0.5, 0.6) is 5.75 Å². The van der Waals surface area contributed by atoms with Crippen LogP contribution in [0.1, 0.15) is 15.9 Å². The van der Waals surface area contributed by atoms with E-state index in [-0.39, 0.29) is 5.78 Å². The molecule has 0 aliphatic carbocycles.